The number of fused-ring (bicyclic) bond motifs is 1. The van der Waals surface area contributed by atoms with Crippen LogP contribution in [0.3, 0.4) is 0 Å². The molecule has 10 heteroatoms. The summed E-state index contributed by atoms with van der Waals surface area (Å²) >= 11 is 7.36. The standard InChI is InChI=1S/C17H13ClF3N3O2S/c1-24(8-14-23-12-4-2-3-5-13(12)27-14)16(25)10-6-11(18)15(22-7-10)26-9-17(19,20)21/h2-7H,8-9H2,1H3. The van der Waals surface area contributed by atoms with Crippen LogP contribution in [0.25, 0.3) is 10.2 Å². The Morgan fingerprint density at radius 3 is 2.74 bits per heavy atom. The van der Waals surface area contributed by atoms with Gasteiger partial charge in [-0.25, -0.2) is 9.97 Å². The minimum Gasteiger partial charge on any atom is -0.467 e. The van der Waals surface area contributed by atoms with Gasteiger partial charge < -0.3 is 9.64 Å². The number of aromatic nitrogens is 2. The predicted octanol–water partition coefficient (Wildman–Crippen LogP) is 4.56. The normalized spacial score (nSPS) is 11.6. The average molecular weight is 416 g/mol. The molecular weight excluding hydrogens is 403 g/mol. The summed E-state index contributed by atoms with van der Waals surface area (Å²) in [4.78, 5) is 22.1. The summed E-state index contributed by atoms with van der Waals surface area (Å²) in [6, 6.07) is 8.87. The highest BCUT2D eigenvalue weighted by molar-refractivity contribution is 7.18. The van der Waals surface area contributed by atoms with Crippen LogP contribution in [0.1, 0.15) is 15.4 Å². The van der Waals surface area contributed by atoms with Gasteiger partial charge in [0.15, 0.2) is 6.61 Å². The van der Waals surface area contributed by atoms with Crippen LogP contribution in [-0.2, 0) is 6.54 Å². The van der Waals surface area contributed by atoms with Crippen molar-refractivity contribution in [1.82, 2.24) is 14.9 Å². The van der Waals surface area contributed by atoms with E-state index < -0.39 is 12.8 Å². The Bertz CT molecular complexity index is 944. The van der Waals surface area contributed by atoms with Gasteiger partial charge in [-0.1, -0.05) is 23.7 Å². The van der Waals surface area contributed by atoms with Crippen molar-refractivity contribution in [2.24, 2.45) is 0 Å². The summed E-state index contributed by atoms with van der Waals surface area (Å²) in [6.45, 7) is -1.23. The average Bonchev–Trinajstić information content (AvgIpc) is 3.01. The van der Waals surface area contributed by atoms with Gasteiger partial charge in [0.2, 0.25) is 5.88 Å². The van der Waals surface area contributed by atoms with Crippen LogP contribution in [0.5, 0.6) is 5.88 Å². The second-order valence-electron chi connectivity index (χ2n) is 5.65. The molecule has 0 unspecified atom stereocenters. The molecule has 0 aliphatic rings. The van der Waals surface area contributed by atoms with Gasteiger partial charge in [0, 0.05) is 13.2 Å². The number of thiazole rings is 1. The fraction of sp³-hybridized carbons (Fsp3) is 0.235. The van der Waals surface area contributed by atoms with Crippen molar-refractivity contribution in [1.29, 1.82) is 0 Å². The first-order valence-electron chi connectivity index (χ1n) is 7.68. The van der Waals surface area contributed by atoms with Gasteiger partial charge in [0.25, 0.3) is 5.91 Å². The van der Waals surface area contributed by atoms with Crippen molar-refractivity contribution in [3.8, 4) is 5.88 Å². The molecule has 0 saturated carbocycles. The number of halogens is 4. The maximum Gasteiger partial charge on any atom is 0.422 e. The van der Waals surface area contributed by atoms with E-state index in [-0.39, 0.29) is 28.9 Å². The number of nitrogens with zero attached hydrogens (tertiary/aromatic N) is 3. The second-order valence-corrected chi connectivity index (χ2v) is 7.17. The van der Waals surface area contributed by atoms with Crippen molar-refractivity contribution in [3.05, 3.63) is 52.1 Å². The summed E-state index contributed by atoms with van der Waals surface area (Å²) in [5.74, 6) is -0.759. The van der Waals surface area contributed by atoms with Gasteiger partial charge in [-0.3, -0.25) is 4.79 Å². The third kappa shape index (κ3) is 4.86. The fourth-order valence-corrected chi connectivity index (χ4v) is 3.52. The molecule has 0 N–H and O–H groups in total. The lowest BCUT2D eigenvalue weighted by atomic mass is 10.2. The molecule has 142 valence electrons. The zero-order chi connectivity index (χ0) is 19.6. The Balaban J connectivity index is 1.69. The zero-order valence-corrected chi connectivity index (χ0v) is 15.5. The van der Waals surface area contributed by atoms with Crippen molar-refractivity contribution in [2.75, 3.05) is 13.7 Å². The molecule has 1 amide bonds. The highest BCUT2D eigenvalue weighted by Crippen LogP contribution is 2.26. The molecule has 3 aromatic rings. The number of pyridine rings is 1. The number of alkyl halides is 3. The van der Waals surface area contributed by atoms with E-state index in [0.717, 1.165) is 21.4 Å². The van der Waals surface area contributed by atoms with Gasteiger partial charge >= 0.3 is 6.18 Å². The van der Waals surface area contributed by atoms with Gasteiger partial charge in [-0.2, -0.15) is 13.2 Å². The number of rotatable bonds is 5. The number of para-hydroxylation sites is 1. The smallest absolute Gasteiger partial charge is 0.422 e. The van der Waals surface area contributed by atoms with E-state index >= 15 is 0 Å². The largest absolute Gasteiger partial charge is 0.467 e. The molecule has 0 spiro atoms. The van der Waals surface area contributed by atoms with E-state index in [0.29, 0.717) is 0 Å². The molecule has 0 bridgehead atoms. The van der Waals surface area contributed by atoms with Crippen molar-refractivity contribution in [2.45, 2.75) is 12.7 Å². The van der Waals surface area contributed by atoms with Crippen molar-refractivity contribution >= 4 is 39.1 Å². The van der Waals surface area contributed by atoms with Crippen LogP contribution in [0.15, 0.2) is 36.5 Å². The summed E-state index contributed by atoms with van der Waals surface area (Å²) in [5, 5.41) is 0.592. The number of amides is 1. The summed E-state index contributed by atoms with van der Waals surface area (Å²) in [6.07, 6.45) is -3.37. The minimum atomic E-state index is -4.50. The Morgan fingerprint density at radius 2 is 2.07 bits per heavy atom. The van der Waals surface area contributed by atoms with Gasteiger partial charge in [0.05, 0.1) is 22.3 Å². The third-order valence-corrected chi connectivity index (χ3v) is 4.78. The van der Waals surface area contributed by atoms with Crippen LogP contribution < -0.4 is 4.74 Å². The maximum absolute atomic E-state index is 12.5. The van der Waals surface area contributed by atoms with Crippen molar-refractivity contribution in [3.63, 3.8) is 0 Å². The van der Waals surface area contributed by atoms with Gasteiger partial charge in [-0.15, -0.1) is 11.3 Å². The molecule has 0 radical (unpaired) electrons. The number of hydrogen-bond donors (Lipinski definition) is 0. The van der Waals surface area contributed by atoms with E-state index in [9.17, 15) is 18.0 Å². The molecule has 0 aliphatic heterocycles. The lowest BCUT2D eigenvalue weighted by molar-refractivity contribution is -0.154. The Labute approximate surface area is 161 Å². The quantitative estimate of drug-likeness (QED) is 0.613. The van der Waals surface area contributed by atoms with E-state index in [2.05, 4.69) is 14.7 Å². The lowest BCUT2D eigenvalue weighted by Crippen LogP contribution is -2.26. The summed E-state index contributed by atoms with van der Waals surface area (Å²) in [7, 11) is 1.59. The van der Waals surface area contributed by atoms with E-state index in [1.54, 1.807) is 7.05 Å². The fourth-order valence-electron chi connectivity index (χ4n) is 2.28. The number of ether oxygens (including phenoxy) is 1. The van der Waals surface area contributed by atoms with E-state index in [1.165, 1.54) is 22.3 Å². The predicted molar refractivity (Wildman–Crippen MR) is 96.2 cm³/mol. The highest BCUT2D eigenvalue weighted by Gasteiger charge is 2.29. The minimum absolute atomic E-state index is 0.142. The molecule has 1 aromatic carbocycles. The number of hydrogen-bond acceptors (Lipinski definition) is 5. The lowest BCUT2D eigenvalue weighted by Gasteiger charge is -2.16. The number of carbonyl (C=O) groups is 1. The van der Waals surface area contributed by atoms with Crippen molar-refractivity contribution < 1.29 is 22.7 Å². The molecule has 5 nitrogen and oxygen atoms in total. The number of benzene rings is 1. The third-order valence-electron chi connectivity index (χ3n) is 3.48. The molecule has 0 aliphatic carbocycles. The van der Waals surface area contributed by atoms with Crippen LogP contribution >= 0.6 is 22.9 Å². The molecule has 0 saturated heterocycles. The Kier molecular flexibility index (Phi) is 5.52. The maximum atomic E-state index is 12.5. The molecule has 0 atom stereocenters. The van der Waals surface area contributed by atoms with E-state index in [1.807, 2.05) is 24.3 Å². The van der Waals surface area contributed by atoms with Gasteiger partial charge in [0.1, 0.15) is 10.0 Å². The second kappa shape index (κ2) is 7.69. The van der Waals surface area contributed by atoms with Crippen LogP contribution in [0, 0.1) is 0 Å². The molecular formula is C17H13ClF3N3O2S. The zero-order valence-electron chi connectivity index (χ0n) is 14.0. The first-order valence-corrected chi connectivity index (χ1v) is 8.87. The molecule has 27 heavy (non-hydrogen) atoms. The highest BCUT2D eigenvalue weighted by atomic mass is 35.5. The Morgan fingerprint density at radius 1 is 1.33 bits per heavy atom. The Hall–Kier alpha value is -2.39. The SMILES string of the molecule is CN(Cc1nc2ccccc2s1)C(=O)c1cnc(OCC(F)(F)F)c(Cl)c1. The van der Waals surface area contributed by atoms with E-state index in [4.69, 9.17) is 11.6 Å². The van der Waals surface area contributed by atoms with Crippen LogP contribution in [0.4, 0.5) is 13.2 Å². The van der Waals surface area contributed by atoms with Crippen LogP contribution in [0.2, 0.25) is 5.02 Å². The summed E-state index contributed by atoms with van der Waals surface area (Å²) in [5.41, 5.74) is 0.997. The molecule has 3 rings (SSSR count). The first-order chi connectivity index (χ1) is 12.7. The monoisotopic (exact) mass is 415 g/mol. The van der Waals surface area contributed by atoms with Crippen LogP contribution in [-0.4, -0.2) is 40.6 Å². The first kappa shape index (κ1) is 19.4. The topological polar surface area (TPSA) is 55.3 Å². The molecule has 2 heterocycles. The molecule has 0 fully saturated rings. The van der Waals surface area contributed by atoms with Gasteiger partial charge in [-0.05, 0) is 18.2 Å². The number of carbonyl (C=O) groups excluding carboxylic acids is 1. The summed E-state index contributed by atoms with van der Waals surface area (Å²) < 4.78 is 42.2. The molecule has 2 aromatic heterocycles.